The highest BCUT2D eigenvalue weighted by molar-refractivity contribution is 6.67. The molecule has 1 heterocycles. The van der Waals surface area contributed by atoms with E-state index in [2.05, 4.69) is 4.98 Å². The number of hydrogen-bond donors (Lipinski definition) is 1. The van der Waals surface area contributed by atoms with Crippen LogP contribution in [-0.4, -0.2) is 15.1 Å². The minimum absolute atomic E-state index is 0.0532. The van der Waals surface area contributed by atoms with Crippen molar-refractivity contribution in [3.05, 3.63) is 27.9 Å². The van der Waals surface area contributed by atoms with Crippen LogP contribution < -0.4 is 5.73 Å². The van der Waals surface area contributed by atoms with E-state index < -0.39 is 15.9 Å². The van der Waals surface area contributed by atoms with Crippen molar-refractivity contribution < 1.29 is 9.72 Å². The normalized spacial score (nSPS) is 9.62. The molecule has 0 radical (unpaired) electrons. The molecule has 0 fully saturated rings. The van der Waals surface area contributed by atoms with E-state index in [4.69, 9.17) is 17.3 Å². The van der Waals surface area contributed by atoms with Gasteiger partial charge >= 0.3 is 5.69 Å². The van der Waals surface area contributed by atoms with E-state index in [1.165, 1.54) is 0 Å². The minimum atomic E-state index is -0.810. The molecule has 0 bridgehead atoms. The molecule has 0 atom stereocenters. The smallest absolute Gasteiger partial charge is 0.311 e. The third-order valence-electron chi connectivity index (χ3n) is 1.32. The average molecular weight is 202 g/mol. The second kappa shape index (κ2) is 3.36. The lowest BCUT2D eigenvalue weighted by Crippen LogP contribution is -2.01. The molecule has 1 aromatic rings. The fourth-order valence-corrected chi connectivity index (χ4v) is 0.821. The van der Waals surface area contributed by atoms with E-state index in [9.17, 15) is 14.9 Å². The number of nitrogens with two attached hydrogens (primary N) is 1. The monoisotopic (exact) mass is 201 g/mol. The largest absolute Gasteiger partial charge is 0.378 e. The van der Waals surface area contributed by atoms with E-state index in [0.29, 0.717) is 0 Å². The Morgan fingerprint density at radius 1 is 1.69 bits per heavy atom. The lowest BCUT2D eigenvalue weighted by atomic mass is 10.3. The number of rotatable bonds is 2. The van der Waals surface area contributed by atoms with Crippen LogP contribution in [-0.2, 0) is 0 Å². The molecule has 0 aliphatic heterocycles. The molecule has 68 valence electrons. The van der Waals surface area contributed by atoms with Crippen molar-refractivity contribution in [2.75, 3.05) is 5.73 Å². The lowest BCUT2D eigenvalue weighted by Gasteiger charge is -1.96. The Morgan fingerprint density at radius 2 is 2.31 bits per heavy atom. The predicted octanol–water partition coefficient (Wildman–Crippen LogP) is 0.951. The van der Waals surface area contributed by atoms with Crippen LogP contribution in [0.2, 0.25) is 0 Å². The maximum Gasteiger partial charge on any atom is 0.311 e. The molecule has 1 rings (SSSR count). The summed E-state index contributed by atoms with van der Waals surface area (Å²) in [5, 5.41) is 9.52. The van der Waals surface area contributed by atoms with Gasteiger partial charge in [0.15, 0.2) is 0 Å². The van der Waals surface area contributed by atoms with Crippen LogP contribution in [0.3, 0.4) is 0 Å². The Bertz CT molecular complexity index is 379. The molecule has 7 heteroatoms. The van der Waals surface area contributed by atoms with E-state index in [1.807, 2.05) is 0 Å². The molecule has 0 aromatic carbocycles. The van der Waals surface area contributed by atoms with E-state index >= 15 is 0 Å². The van der Waals surface area contributed by atoms with E-state index in [0.717, 1.165) is 12.3 Å². The SMILES string of the molecule is Nc1ncc(C(=O)Cl)cc1[N+](=O)[O-]. The topological polar surface area (TPSA) is 99.1 Å². The highest BCUT2D eigenvalue weighted by Gasteiger charge is 2.15. The van der Waals surface area contributed by atoms with Crippen LogP contribution in [0.25, 0.3) is 0 Å². The fourth-order valence-electron chi connectivity index (χ4n) is 0.717. The Balaban J connectivity index is 3.27. The quantitative estimate of drug-likeness (QED) is 0.436. The summed E-state index contributed by atoms with van der Waals surface area (Å²) in [7, 11) is 0. The molecule has 0 aliphatic carbocycles. The number of carbonyl (C=O) groups is 1. The zero-order valence-electron chi connectivity index (χ0n) is 6.23. The standard InChI is InChI=1S/C6H4ClN3O3/c7-5(11)3-1-4(10(12)13)6(8)9-2-3/h1-2H,(H2,8,9). The predicted molar refractivity (Wildman–Crippen MR) is 45.5 cm³/mol. The Kier molecular flexibility index (Phi) is 2.43. The summed E-state index contributed by atoms with van der Waals surface area (Å²) in [6.45, 7) is 0. The van der Waals surface area contributed by atoms with Crippen molar-refractivity contribution in [2.24, 2.45) is 0 Å². The maximum absolute atomic E-state index is 10.6. The summed E-state index contributed by atoms with van der Waals surface area (Å²) >= 11 is 5.09. The lowest BCUT2D eigenvalue weighted by molar-refractivity contribution is -0.384. The van der Waals surface area contributed by atoms with Gasteiger partial charge in [-0.25, -0.2) is 4.98 Å². The van der Waals surface area contributed by atoms with Crippen LogP contribution in [0, 0.1) is 10.1 Å². The zero-order chi connectivity index (χ0) is 10.0. The van der Waals surface area contributed by atoms with Crippen molar-refractivity contribution in [3.63, 3.8) is 0 Å². The van der Waals surface area contributed by atoms with Gasteiger partial charge in [0.1, 0.15) is 0 Å². The minimum Gasteiger partial charge on any atom is -0.378 e. The van der Waals surface area contributed by atoms with Crippen LogP contribution in [0.1, 0.15) is 10.4 Å². The third-order valence-corrected chi connectivity index (χ3v) is 1.54. The van der Waals surface area contributed by atoms with Gasteiger partial charge in [0, 0.05) is 12.3 Å². The molecule has 1 aromatic heterocycles. The van der Waals surface area contributed by atoms with Crippen molar-refractivity contribution in [1.82, 2.24) is 4.98 Å². The number of hydrogen-bond acceptors (Lipinski definition) is 5. The molecule has 0 saturated carbocycles. The van der Waals surface area contributed by atoms with Crippen molar-refractivity contribution in [3.8, 4) is 0 Å². The van der Waals surface area contributed by atoms with Crippen molar-refractivity contribution in [1.29, 1.82) is 0 Å². The summed E-state index contributed by atoms with van der Waals surface area (Å²) in [6, 6.07) is 0.984. The number of anilines is 1. The van der Waals surface area contributed by atoms with Gasteiger partial charge in [-0.1, -0.05) is 0 Å². The van der Waals surface area contributed by atoms with Gasteiger partial charge < -0.3 is 5.73 Å². The van der Waals surface area contributed by atoms with Gasteiger partial charge in [-0.05, 0) is 11.6 Å². The molecule has 13 heavy (non-hydrogen) atoms. The second-order valence-corrected chi connectivity index (χ2v) is 2.50. The summed E-state index contributed by atoms with van der Waals surface area (Å²) in [5.74, 6) is -0.244. The molecular formula is C6H4ClN3O3. The molecule has 0 unspecified atom stereocenters. The van der Waals surface area contributed by atoms with Gasteiger partial charge in [-0.15, -0.1) is 0 Å². The molecule has 2 N–H and O–H groups in total. The molecule has 0 amide bonds. The van der Waals surface area contributed by atoms with Gasteiger partial charge in [0.2, 0.25) is 5.82 Å². The molecule has 6 nitrogen and oxygen atoms in total. The first-order valence-corrected chi connectivity index (χ1v) is 3.50. The molecule has 0 aliphatic rings. The van der Waals surface area contributed by atoms with Crippen LogP contribution in [0.5, 0.6) is 0 Å². The fraction of sp³-hybridized carbons (Fsp3) is 0. The van der Waals surface area contributed by atoms with Gasteiger partial charge in [-0.2, -0.15) is 0 Å². The number of halogens is 1. The summed E-state index contributed by atoms with van der Waals surface area (Å²) in [4.78, 5) is 23.6. The van der Waals surface area contributed by atoms with Gasteiger partial charge in [-0.3, -0.25) is 14.9 Å². The van der Waals surface area contributed by atoms with Crippen molar-refractivity contribution >= 4 is 28.3 Å². The maximum atomic E-state index is 10.6. The molecule has 0 saturated heterocycles. The number of nitrogen functional groups attached to an aromatic ring is 1. The number of nitrogens with zero attached hydrogens (tertiary/aromatic N) is 2. The first kappa shape index (κ1) is 9.40. The summed E-state index contributed by atoms with van der Waals surface area (Å²) < 4.78 is 0. The Hall–Kier alpha value is -1.69. The van der Waals surface area contributed by atoms with Crippen LogP contribution >= 0.6 is 11.6 Å². The summed E-state index contributed by atoms with van der Waals surface area (Å²) in [6.07, 6.45) is 1.08. The number of carbonyl (C=O) groups excluding carboxylic acids is 1. The summed E-state index contributed by atoms with van der Waals surface area (Å²) in [5.41, 5.74) is 4.71. The number of nitro groups is 1. The van der Waals surface area contributed by atoms with E-state index in [-0.39, 0.29) is 11.4 Å². The molecule has 0 spiro atoms. The van der Waals surface area contributed by atoms with Gasteiger partial charge in [0.25, 0.3) is 5.24 Å². The zero-order valence-corrected chi connectivity index (χ0v) is 6.99. The average Bonchev–Trinajstić information content (AvgIpc) is 2.04. The molecular weight excluding hydrogens is 198 g/mol. The number of aromatic nitrogens is 1. The first-order chi connectivity index (χ1) is 6.02. The number of pyridine rings is 1. The van der Waals surface area contributed by atoms with Crippen LogP contribution in [0.15, 0.2) is 12.3 Å². The third kappa shape index (κ3) is 1.91. The Morgan fingerprint density at radius 3 is 2.77 bits per heavy atom. The highest BCUT2D eigenvalue weighted by atomic mass is 35.5. The highest BCUT2D eigenvalue weighted by Crippen LogP contribution is 2.20. The first-order valence-electron chi connectivity index (χ1n) is 3.12. The van der Waals surface area contributed by atoms with Gasteiger partial charge in [0.05, 0.1) is 10.5 Å². The second-order valence-electron chi connectivity index (χ2n) is 2.16. The Labute approximate surface area is 77.5 Å². The van der Waals surface area contributed by atoms with Crippen molar-refractivity contribution in [2.45, 2.75) is 0 Å². The van der Waals surface area contributed by atoms with Crippen LogP contribution in [0.4, 0.5) is 11.5 Å². The van der Waals surface area contributed by atoms with E-state index in [1.54, 1.807) is 0 Å².